The van der Waals surface area contributed by atoms with Crippen molar-refractivity contribution >= 4 is 52.4 Å². The maximum atomic E-state index is 14.7. The summed E-state index contributed by atoms with van der Waals surface area (Å²) in [6, 6.07) is 10.9. The van der Waals surface area contributed by atoms with Crippen LogP contribution in [0.15, 0.2) is 53.6 Å². The van der Waals surface area contributed by atoms with Gasteiger partial charge in [0.25, 0.3) is 5.91 Å². The van der Waals surface area contributed by atoms with Crippen molar-refractivity contribution in [1.82, 2.24) is 10.7 Å². The summed E-state index contributed by atoms with van der Waals surface area (Å²) in [5.41, 5.74) is 3.56. The van der Waals surface area contributed by atoms with E-state index in [1.54, 1.807) is 36.4 Å². The molecule has 2 aromatic rings. The first-order valence-electron chi connectivity index (χ1n) is 10.8. The van der Waals surface area contributed by atoms with Crippen molar-refractivity contribution in [3.63, 3.8) is 0 Å². The van der Waals surface area contributed by atoms with E-state index in [0.29, 0.717) is 16.5 Å². The molecule has 2 aliphatic rings. The zero-order valence-corrected chi connectivity index (χ0v) is 19.8. The summed E-state index contributed by atoms with van der Waals surface area (Å²) >= 11 is 1.12. The first-order chi connectivity index (χ1) is 17.3. The molecule has 1 saturated heterocycles. The minimum Gasteiger partial charge on any atom is -0.442 e. The predicted octanol–water partition coefficient (Wildman–Crippen LogP) is 2.43. The minimum atomic E-state index is -0.651. The van der Waals surface area contributed by atoms with Crippen LogP contribution in [0.1, 0.15) is 18.1 Å². The first kappa shape index (κ1) is 24.9. The molecule has 12 heteroatoms. The van der Waals surface area contributed by atoms with Crippen LogP contribution in [0, 0.1) is 5.82 Å². The standard InChI is InChI=1S/C24H21FN4O6S/c1-14(30)34-17-6-2-15(3-7-17)4-9-21(31)26-11-18-12-29(24(33)35-18)16-5-8-19(20(25)10-16)23-28-27-22(32)13-36-23/h2-10,18H,11-13H2,1H3,(H,26,31)(H,27,32)/b9-4+. The van der Waals surface area contributed by atoms with Gasteiger partial charge < -0.3 is 14.8 Å². The van der Waals surface area contributed by atoms with E-state index >= 15 is 0 Å². The summed E-state index contributed by atoms with van der Waals surface area (Å²) in [6.07, 6.45) is 1.65. The van der Waals surface area contributed by atoms with Gasteiger partial charge in [-0.15, -0.1) is 0 Å². The number of rotatable bonds is 7. The molecule has 2 N–H and O–H groups in total. The molecule has 0 saturated carbocycles. The van der Waals surface area contributed by atoms with Crippen molar-refractivity contribution in [2.75, 3.05) is 23.7 Å². The van der Waals surface area contributed by atoms with Crippen molar-refractivity contribution in [1.29, 1.82) is 0 Å². The summed E-state index contributed by atoms with van der Waals surface area (Å²) < 4.78 is 24.9. The maximum Gasteiger partial charge on any atom is 0.414 e. The van der Waals surface area contributed by atoms with Gasteiger partial charge in [0.2, 0.25) is 5.91 Å². The molecule has 0 bridgehead atoms. The molecule has 0 spiro atoms. The molecule has 1 fully saturated rings. The molecule has 2 aliphatic heterocycles. The lowest BCUT2D eigenvalue weighted by atomic mass is 10.2. The van der Waals surface area contributed by atoms with E-state index in [1.165, 1.54) is 30.0 Å². The average molecular weight is 513 g/mol. The van der Waals surface area contributed by atoms with E-state index in [0.717, 1.165) is 17.3 Å². The quantitative estimate of drug-likeness (QED) is 0.332. The van der Waals surface area contributed by atoms with Gasteiger partial charge in [0.15, 0.2) is 0 Å². The first-order valence-corrected chi connectivity index (χ1v) is 11.8. The average Bonchev–Trinajstić information content (AvgIpc) is 3.23. The molecular formula is C24H21FN4O6S. The van der Waals surface area contributed by atoms with E-state index in [4.69, 9.17) is 9.47 Å². The molecule has 2 aromatic carbocycles. The third kappa shape index (κ3) is 6.27. The number of cyclic esters (lactones) is 1. The van der Waals surface area contributed by atoms with Crippen LogP contribution in [0.25, 0.3) is 6.08 Å². The van der Waals surface area contributed by atoms with E-state index in [2.05, 4.69) is 15.8 Å². The fourth-order valence-corrected chi connectivity index (χ4v) is 4.16. The Kier molecular flexibility index (Phi) is 7.64. The number of nitrogens with one attached hydrogen (secondary N) is 2. The molecule has 0 aromatic heterocycles. The second-order valence-corrected chi connectivity index (χ2v) is 8.73. The zero-order valence-electron chi connectivity index (χ0n) is 19.0. The van der Waals surface area contributed by atoms with Gasteiger partial charge >= 0.3 is 12.1 Å². The SMILES string of the molecule is CC(=O)Oc1ccc(/C=C/C(=O)NCC2CN(c3ccc(C4=NNC(=O)CS4)c(F)c3)C(=O)O2)cc1. The Morgan fingerprint density at radius 1 is 1.28 bits per heavy atom. The summed E-state index contributed by atoms with van der Waals surface area (Å²) in [5.74, 6) is -1.11. The van der Waals surface area contributed by atoms with E-state index in [9.17, 15) is 23.6 Å². The van der Waals surface area contributed by atoms with Gasteiger partial charge in [-0.05, 0) is 42.0 Å². The number of hydrogen-bond donors (Lipinski definition) is 2. The Hall–Kier alpha value is -4.19. The molecule has 3 amide bonds. The van der Waals surface area contributed by atoms with Gasteiger partial charge in [0.05, 0.1) is 24.5 Å². The number of nitrogens with zero attached hydrogens (tertiary/aromatic N) is 2. The molecule has 4 rings (SSSR count). The molecule has 1 atom stereocenters. The number of halogens is 1. The summed E-state index contributed by atoms with van der Waals surface area (Å²) in [7, 11) is 0. The van der Waals surface area contributed by atoms with Gasteiger partial charge in [-0.2, -0.15) is 5.10 Å². The number of carbonyl (C=O) groups is 4. The smallest absolute Gasteiger partial charge is 0.414 e. The molecule has 0 aliphatic carbocycles. The molecule has 0 radical (unpaired) electrons. The normalized spacial score (nSPS) is 17.4. The Bertz CT molecular complexity index is 1260. The third-order valence-corrected chi connectivity index (χ3v) is 6.05. The van der Waals surface area contributed by atoms with E-state index in [1.807, 2.05) is 0 Å². The van der Waals surface area contributed by atoms with Crippen LogP contribution in [0.4, 0.5) is 14.9 Å². The highest BCUT2D eigenvalue weighted by molar-refractivity contribution is 8.15. The van der Waals surface area contributed by atoms with Crippen LogP contribution in [0.5, 0.6) is 5.75 Å². The van der Waals surface area contributed by atoms with E-state index in [-0.39, 0.29) is 36.2 Å². The third-order valence-electron chi connectivity index (χ3n) is 5.06. The lowest BCUT2D eigenvalue weighted by Crippen LogP contribution is -2.33. The number of amides is 3. The van der Waals surface area contributed by atoms with Gasteiger partial charge in [-0.25, -0.2) is 14.6 Å². The summed E-state index contributed by atoms with van der Waals surface area (Å²) in [4.78, 5) is 47.9. The number of thioether (sulfide) groups is 1. The number of esters is 1. The Morgan fingerprint density at radius 2 is 2.06 bits per heavy atom. The number of hydrazone groups is 1. The predicted molar refractivity (Wildman–Crippen MR) is 131 cm³/mol. The van der Waals surface area contributed by atoms with Crippen molar-refractivity contribution in [2.45, 2.75) is 13.0 Å². The van der Waals surface area contributed by atoms with Gasteiger partial charge in [-0.3, -0.25) is 19.3 Å². The highest BCUT2D eigenvalue weighted by Crippen LogP contribution is 2.26. The number of ether oxygens (including phenoxy) is 2. The van der Waals surface area contributed by atoms with Crippen molar-refractivity contribution < 1.29 is 33.0 Å². The Morgan fingerprint density at radius 3 is 2.72 bits per heavy atom. The molecule has 36 heavy (non-hydrogen) atoms. The molecular weight excluding hydrogens is 491 g/mol. The van der Waals surface area contributed by atoms with Crippen molar-refractivity contribution in [2.24, 2.45) is 5.10 Å². The fraction of sp³-hybridized carbons (Fsp3) is 0.208. The van der Waals surface area contributed by atoms with Crippen LogP contribution in [0.2, 0.25) is 0 Å². The highest BCUT2D eigenvalue weighted by Gasteiger charge is 2.33. The lowest BCUT2D eigenvalue weighted by molar-refractivity contribution is -0.132. The van der Waals surface area contributed by atoms with Gasteiger partial charge in [-0.1, -0.05) is 23.9 Å². The zero-order chi connectivity index (χ0) is 25.7. The molecule has 186 valence electrons. The Labute approximate surface area is 209 Å². The van der Waals surface area contributed by atoms with Crippen LogP contribution in [-0.2, 0) is 19.1 Å². The summed E-state index contributed by atoms with van der Waals surface area (Å²) in [6.45, 7) is 1.51. The van der Waals surface area contributed by atoms with Crippen LogP contribution < -0.4 is 20.4 Å². The number of anilines is 1. The molecule has 2 heterocycles. The minimum absolute atomic E-state index is 0.0739. The topological polar surface area (TPSA) is 126 Å². The highest BCUT2D eigenvalue weighted by atomic mass is 32.2. The second kappa shape index (κ2) is 11.0. The fourth-order valence-electron chi connectivity index (χ4n) is 3.39. The molecule has 10 nitrogen and oxygen atoms in total. The number of benzene rings is 2. The summed E-state index contributed by atoms with van der Waals surface area (Å²) in [5, 5.41) is 6.87. The monoisotopic (exact) mass is 512 g/mol. The largest absolute Gasteiger partial charge is 0.442 e. The lowest BCUT2D eigenvalue weighted by Gasteiger charge is -2.16. The van der Waals surface area contributed by atoms with Crippen LogP contribution in [0.3, 0.4) is 0 Å². The van der Waals surface area contributed by atoms with Gasteiger partial charge in [0.1, 0.15) is 22.7 Å². The maximum absolute atomic E-state index is 14.7. The van der Waals surface area contributed by atoms with Crippen LogP contribution >= 0.6 is 11.8 Å². The number of hydrogen-bond acceptors (Lipinski definition) is 8. The van der Waals surface area contributed by atoms with Crippen molar-refractivity contribution in [3.05, 3.63) is 65.5 Å². The molecule has 1 unspecified atom stereocenters. The Balaban J connectivity index is 1.30. The van der Waals surface area contributed by atoms with Crippen molar-refractivity contribution in [3.8, 4) is 5.75 Å². The van der Waals surface area contributed by atoms with E-state index < -0.39 is 24.0 Å². The van der Waals surface area contributed by atoms with Crippen LogP contribution in [-0.4, -0.2) is 53.9 Å². The van der Waals surface area contributed by atoms with Gasteiger partial charge in [0, 0.05) is 18.6 Å². The second-order valence-electron chi connectivity index (χ2n) is 7.76. The number of carbonyl (C=O) groups excluding carboxylic acids is 4.